The fraction of sp³-hybridized carbons (Fsp3) is 0.455. The van der Waals surface area contributed by atoms with Crippen molar-refractivity contribution in [2.45, 2.75) is 91.4 Å². The molecule has 0 aliphatic rings. The molecule has 0 heterocycles. The van der Waals surface area contributed by atoms with Gasteiger partial charge in [0.1, 0.15) is 0 Å². The number of hydrogen-bond donors (Lipinski definition) is 1. The van der Waals surface area contributed by atoms with Gasteiger partial charge in [-0.15, -0.1) is 0 Å². The normalized spacial score (nSPS) is 11.2. The van der Waals surface area contributed by atoms with Crippen molar-refractivity contribution in [3.63, 3.8) is 0 Å². The molecule has 0 fully saturated rings. The number of aliphatic hydroxyl groups excluding tert-OH is 1. The lowest BCUT2D eigenvalue weighted by molar-refractivity contribution is 0.284. The van der Waals surface area contributed by atoms with E-state index in [0.29, 0.717) is 0 Å². The molecular formula is C33H44O. The Balaban J connectivity index is 1.68. The molecule has 0 aliphatic heterocycles. The fourth-order valence-electron chi connectivity index (χ4n) is 4.90. The van der Waals surface area contributed by atoms with Crippen LogP contribution in [0.5, 0.6) is 0 Å². The monoisotopic (exact) mass is 456 g/mol. The van der Waals surface area contributed by atoms with Gasteiger partial charge in [0.2, 0.25) is 0 Å². The molecule has 1 heteroatoms. The van der Waals surface area contributed by atoms with Gasteiger partial charge in [-0.2, -0.15) is 0 Å². The van der Waals surface area contributed by atoms with E-state index in [1.165, 1.54) is 70.2 Å². The quantitative estimate of drug-likeness (QED) is 0.242. The molecule has 0 unspecified atom stereocenters. The maximum atomic E-state index is 9.07. The van der Waals surface area contributed by atoms with Crippen molar-refractivity contribution in [3.05, 3.63) is 94.0 Å². The third kappa shape index (κ3) is 7.57. The topological polar surface area (TPSA) is 20.2 Å². The second-order valence-electron chi connectivity index (χ2n) is 9.64. The molecule has 3 aromatic rings. The first-order valence-electron chi connectivity index (χ1n) is 13.6. The molecule has 0 aromatic heterocycles. The summed E-state index contributed by atoms with van der Waals surface area (Å²) in [6.45, 7) is 7.08. The molecule has 182 valence electrons. The Labute approximate surface area is 208 Å². The zero-order valence-corrected chi connectivity index (χ0v) is 21.7. The molecular weight excluding hydrogens is 412 g/mol. The van der Waals surface area contributed by atoms with Gasteiger partial charge in [0.15, 0.2) is 0 Å². The van der Waals surface area contributed by atoms with Crippen LogP contribution in [-0.4, -0.2) is 11.7 Å². The van der Waals surface area contributed by atoms with Gasteiger partial charge < -0.3 is 5.11 Å². The lowest BCUT2D eigenvalue weighted by atomic mass is 9.89. The van der Waals surface area contributed by atoms with Crippen LogP contribution in [0.1, 0.15) is 86.3 Å². The minimum absolute atomic E-state index is 0.287. The van der Waals surface area contributed by atoms with Crippen molar-refractivity contribution in [3.8, 4) is 11.1 Å². The zero-order chi connectivity index (χ0) is 24.2. The molecule has 0 bridgehead atoms. The highest BCUT2D eigenvalue weighted by molar-refractivity contribution is 5.71. The molecule has 1 N–H and O–H groups in total. The van der Waals surface area contributed by atoms with E-state index in [1.807, 2.05) is 0 Å². The average Bonchev–Trinajstić information content (AvgIpc) is 2.88. The molecule has 34 heavy (non-hydrogen) atoms. The van der Waals surface area contributed by atoms with Crippen molar-refractivity contribution < 1.29 is 5.11 Å². The molecule has 0 atom stereocenters. The predicted octanol–water partition coefficient (Wildman–Crippen LogP) is 8.31. The highest BCUT2D eigenvalue weighted by Gasteiger charge is 2.10. The summed E-state index contributed by atoms with van der Waals surface area (Å²) < 4.78 is 0. The van der Waals surface area contributed by atoms with Gasteiger partial charge in [-0.05, 0) is 102 Å². The van der Waals surface area contributed by atoms with Crippen LogP contribution >= 0.6 is 0 Å². The van der Waals surface area contributed by atoms with E-state index in [1.54, 1.807) is 0 Å². The van der Waals surface area contributed by atoms with E-state index in [0.717, 1.165) is 44.9 Å². The summed E-state index contributed by atoms with van der Waals surface area (Å²) in [5.74, 6) is 0. The van der Waals surface area contributed by atoms with Crippen LogP contribution in [0, 0.1) is 0 Å². The minimum Gasteiger partial charge on any atom is -0.396 e. The average molecular weight is 457 g/mol. The summed E-state index contributed by atoms with van der Waals surface area (Å²) in [6, 6.07) is 23.4. The van der Waals surface area contributed by atoms with E-state index >= 15 is 0 Å². The molecule has 0 saturated carbocycles. The number of aryl methyl sites for hydroxylation is 6. The first-order valence-corrected chi connectivity index (χ1v) is 13.6. The van der Waals surface area contributed by atoms with Crippen LogP contribution in [0.25, 0.3) is 11.1 Å². The third-order valence-corrected chi connectivity index (χ3v) is 7.06. The van der Waals surface area contributed by atoms with E-state index in [9.17, 15) is 0 Å². The Morgan fingerprint density at radius 1 is 0.500 bits per heavy atom. The fourth-order valence-corrected chi connectivity index (χ4v) is 4.90. The van der Waals surface area contributed by atoms with E-state index in [2.05, 4.69) is 81.4 Å². The maximum absolute atomic E-state index is 9.07. The van der Waals surface area contributed by atoms with Crippen LogP contribution in [0.4, 0.5) is 0 Å². The van der Waals surface area contributed by atoms with Crippen molar-refractivity contribution in [2.24, 2.45) is 0 Å². The maximum Gasteiger partial charge on any atom is 0.0431 e. The summed E-state index contributed by atoms with van der Waals surface area (Å²) in [6.07, 6.45) is 12.4. The van der Waals surface area contributed by atoms with Gasteiger partial charge in [-0.1, -0.05) is 94.3 Å². The van der Waals surface area contributed by atoms with Crippen molar-refractivity contribution >= 4 is 0 Å². The number of aliphatic hydroxyl groups is 1. The van der Waals surface area contributed by atoms with Gasteiger partial charge in [-0.3, -0.25) is 0 Å². The van der Waals surface area contributed by atoms with E-state index < -0.39 is 0 Å². The first kappa shape index (κ1) is 26.2. The number of hydrogen-bond acceptors (Lipinski definition) is 1. The van der Waals surface area contributed by atoms with E-state index in [4.69, 9.17) is 5.11 Å². The zero-order valence-electron chi connectivity index (χ0n) is 21.7. The van der Waals surface area contributed by atoms with Crippen LogP contribution in [0.3, 0.4) is 0 Å². The molecule has 1 nitrogen and oxygen atoms in total. The SMILES string of the molecule is CCCCCc1ccc(CCc2ccc(-c3ccc(CCCCO)cc3CC)c(CC)c2)cc1. The lowest BCUT2D eigenvalue weighted by Gasteiger charge is -2.16. The molecule has 0 aliphatic carbocycles. The van der Waals surface area contributed by atoms with Crippen molar-refractivity contribution in [1.29, 1.82) is 0 Å². The predicted molar refractivity (Wildman–Crippen MR) is 148 cm³/mol. The van der Waals surface area contributed by atoms with Crippen LogP contribution in [0.2, 0.25) is 0 Å². The summed E-state index contributed by atoms with van der Waals surface area (Å²) in [7, 11) is 0. The Kier molecular flexibility index (Phi) is 10.9. The smallest absolute Gasteiger partial charge is 0.0431 e. The Morgan fingerprint density at radius 3 is 1.47 bits per heavy atom. The molecule has 0 radical (unpaired) electrons. The highest BCUT2D eigenvalue weighted by Crippen LogP contribution is 2.30. The standard InChI is InChI=1S/C33H44O/c1-4-7-8-11-26-13-15-27(16-14-26)17-18-29-20-22-33(31(6-3)25-29)32-21-19-28(12-9-10-23-34)24-30(32)5-2/h13-16,19-22,24-25,34H,4-12,17-18,23H2,1-3H3. The molecule has 0 spiro atoms. The van der Waals surface area contributed by atoms with Crippen LogP contribution < -0.4 is 0 Å². The summed E-state index contributed by atoms with van der Waals surface area (Å²) in [5.41, 5.74) is 11.4. The van der Waals surface area contributed by atoms with Gasteiger partial charge in [0, 0.05) is 6.61 Å². The van der Waals surface area contributed by atoms with Gasteiger partial charge in [-0.25, -0.2) is 0 Å². The number of benzene rings is 3. The minimum atomic E-state index is 0.287. The summed E-state index contributed by atoms with van der Waals surface area (Å²) in [4.78, 5) is 0. The second-order valence-corrected chi connectivity index (χ2v) is 9.64. The molecule has 3 aromatic carbocycles. The Bertz CT molecular complexity index is 1000. The van der Waals surface area contributed by atoms with E-state index in [-0.39, 0.29) is 6.61 Å². The number of unbranched alkanes of at least 4 members (excludes halogenated alkanes) is 3. The van der Waals surface area contributed by atoms with Crippen LogP contribution in [-0.2, 0) is 38.5 Å². The third-order valence-electron chi connectivity index (χ3n) is 7.06. The highest BCUT2D eigenvalue weighted by atomic mass is 16.2. The lowest BCUT2D eigenvalue weighted by Crippen LogP contribution is -1.98. The second kappa shape index (κ2) is 14.1. The van der Waals surface area contributed by atoms with Gasteiger partial charge in [0.05, 0.1) is 0 Å². The number of rotatable bonds is 14. The Morgan fingerprint density at radius 2 is 0.941 bits per heavy atom. The molecule has 3 rings (SSSR count). The summed E-state index contributed by atoms with van der Waals surface area (Å²) in [5, 5.41) is 9.07. The van der Waals surface area contributed by atoms with Crippen LogP contribution in [0.15, 0.2) is 60.7 Å². The molecule has 0 amide bonds. The summed E-state index contributed by atoms with van der Waals surface area (Å²) >= 11 is 0. The van der Waals surface area contributed by atoms with Crippen molar-refractivity contribution in [1.82, 2.24) is 0 Å². The first-order chi connectivity index (χ1) is 16.7. The van der Waals surface area contributed by atoms with Gasteiger partial charge in [0.25, 0.3) is 0 Å². The largest absolute Gasteiger partial charge is 0.396 e. The van der Waals surface area contributed by atoms with Crippen molar-refractivity contribution in [2.75, 3.05) is 6.61 Å². The van der Waals surface area contributed by atoms with Gasteiger partial charge >= 0.3 is 0 Å². The molecule has 0 saturated heterocycles. The Hall–Kier alpha value is -2.38.